The van der Waals surface area contributed by atoms with Gasteiger partial charge in [0.2, 0.25) is 0 Å². The van der Waals surface area contributed by atoms with E-state index in [0.29, 0.717) is 0 Å². The first-order valence-electron chi connectivity index (χ1n) is 7.78. The van der Waals surface area contributed by atoms with Gasteiger partial charge in [0, 0.05) is 0 Å². The van der Waals surface area contributed by atoms with Crippen molar-refractivity contribution >= 4 is 6.08 Å². The van der Waals surface area contributed by atoms with Crippen molar-refractivity contribution < 1.29 is 0 Å². The van der Waals surface area contributed by atoms with Crippen molar-refractivity contribution in [2.24, 2.45) is 0 Å². The van der Waals surface area contributed by atoms with Crippen LogP contribution in [0.4, 0.5) is 0 Å². The second-order valence-corrected chi connectivity index (χ2v) is 6.55. The summed E-state index contributed by atoms with van der Waals surface area (Å²) in [6.45, 7) is 13.5. The molecule has 0 unspecified atom stereocenters. The SMILES string of the molecule is CC1=Cc2c(cccc2-c2c(C)c(C)c(C)c(C)c2C)C1. The van der Waals surface area contributed by atoms with E-state index < -0.39 is 0 Å². The molecule has 3 rings (SSSR count). The zero-order valence-corrected chi connectivity index (χ0v) is 14.0. The zero-order valence-electron chi connectivity index (χ0n) is 14.0. The maximum absolute atomic E-state index is 2.37. The number of hydrogen-bond acceptors (Lipinski definition) is 0. The van der Waals surface area contributed by atoms with Gasteiger partial charge in [-0.25, -0.2) is 0 Å². The third-order valence-corrected chi connectivity index (χ3v) is 5.33. The van der Waals surface area contributed by atoms with Gasteiger partial charge in [-0.2, -0.15) is 0 Å². The Kier molecular flexibility index (Phi) is 3.28. The van der Waals surface area contributed by atoms with Gasteiger partial charge in [-0.15, -0.1) is 0 Å². The minimum Gasteiger partial charge on any atom is -0.0683 e. The molecule has 0 heterocycles. The maximum atomic E-state index is 2.37. The van der Waals surface area contributed by atoms with Crippen LogP contribution in [0.5, 0.6) is 0 Å². The molecule has 2 aromatic carbocycles. The van der Waals surface area contributed by atoms with Crippen LogP contribution in [0.1, 0.15) is 45.9 Å². The monoisotopic (exact) mass is 276 g/mol. The Labute approximate surface area is 128 Å². The molecule has 0 fully saturated rings. The summed E-state index contributed by atoms with van der Waals surface area (Å²) in [5.41, 5.74) is 14.4. The van der Waals surface area contributed by atoms with Crippen LogP contribution in [0, 0.1) is 34.6 Å². The highest BCUT2D eigenvalue weighted by Gasteiger charge is 2.19. The standard InChI is InChI=1S/C21H24/c1-12-10-18-8-7-9-19(20(18)11-12)21-16(5)14(3)13(2)15(4)17(21)6/h7-9,11H,10H2,1-6H3. The normalized spacial score (nSPS) is 13.3. The summed E-state index contributed by atoms with van der Waals surface area (Å²) in [5.74, 6) is 0. The molecule has 0 spiro atoms. The molecule has 21 heavy (non-hydrogen) atoms. The molecule has 0 saturated heterocycles. The molecule has 0 heteroatoms. The smallest absolute Gasteiger partial charge is 0.00604 e. The van der Waals surface area contributed by atoms with Gasteiger partial charge >= 0.3 is 0 Å². The molecule has 0 bridgehead atoms. The van der Waals surface area contributed by atoms with E-state index in [-0.39, 0.29) is 0 Å². The number of hydrogen-bond donors (Lipinski definition) is 0. The summed E-state index contributed by atoms with van der Waals surface area (Å²) in [7, 11) is 0. The fraction of sp³-hybridized carbons (Fsp3) is 0.333. The Morgan fingerprint density at radius 1 is 0.714 bits per heavy atom. The summed E-state index contributed by atoms with van der Waals surface area (Å²) in [6, 6.07) is 6.77. The van der Waals surface area contributed by atoms with E-state index in [9.17, 15) is 0 Å². The lowest BCUT2D eigenvalue weighted by Crippen LogP contribution is -2.00. The van der Waals surface area contributed by atoms with Crippen LogP contribution in [0.15, 0.2) is 23.8 Å². The molecule has 0 radical (unpaired) electrons. The van der Waals surface area contributed by atoms with Gasteiger partial charge in [0.05, 0.1) is 0 Å². The first-order chi connectivity index (χ1) is 9.91. The van der Waals surface area contributed by atoms with Crippen LogP contribution in [0.2, 0.25) is 0 Å². The van der Waals surface area contributed by atoms with Crippen LogP contribution in [-0.4, -0.2) is 0 Å². The third kappa shape index (κ3) is 2.05. The molecule has 0 aliphatic heterocycles. The summed E-state index contributed by atoms with van der Waals surface area (Å²) in [5, 5.41) is 0. The summed E-state index contributed by atoms with van der Waals surface area (Å²) < 4.78 is 0. The Morgan fingerprint density at radius 3 is 1.90 bits per heavy atom. The van der Waals surface area contributed by atoms with Gasteiger partial charge in [0.25, 0.3) is 0 Å². The predicted molar refractivity (Wildman–Crippen MR) is 92.9 cm³/mol. The lowest BCUT2D eigenvalue weighted by Gasteiger charge is -2.20. The van der Waals surface area contributed by atoms with Crippen LogP contribution in [0.25, 0.3) is 17.2 Å². The Morgan fingerprint density at radius 2 is 1.29 bits per heavy atom. The first-order valence-corrected chi connectivity index (χ1v) is 7.78. The molecule has 0 saturated carbocycles. The van der Waals surface area contributed by atoms with Crippen LogP contribution >= 0.6 is 0 Å². The highest BCUT2D eigenvalue weighted by molar-refractivity contribution is 5.85. The van der Waals surface area contributed by atoms with Crippen LogP contribution in [-0.2, 0) is 6.42 Å². The Balaban J connectivity index is 2.36. The molecule has 2 aromatic rings. The van der Waals surface area contributed by atoms with Crippen molar-refractivity contribution in [3.8, 4) is 11.1 Å². The number of fused-ring (bicyclic) bond motifs is 1. The van der Waals surface area contributed by atoms with Crippen LogP contribution in [0.3, 0.4) is 0 Å². The summed E-state index contributed by atoms with van der Waals surface area (Å²) in [4.78, 5) is 0. The highest BCUT2D eigenvalue weighted by Crippen LogP contribution is 2.39. The van der Waals surface area contributed by atoms with E-state index in [1.54, 1.807) is 0 Å². The van der Waals surface area contributed by atoms with Crippen molar-refractivity contribution in [3.63, 3.8) is 0 Å². The minimum absolute atomic E-state index is 1.10. The molecular weight excluding hydrogens is 252 g/mol. The first kappa shape index (κ1) is 14.1. The largest absolute Gasteiger partial charge is 0.0683 e. The molecule has 0 aromatic heterocycles. The van der Waals surface area contributed by atoms with E-state index in [1.807, 2.05) is 0 Å². The summed E-state index contributed by atoms with van der Waals surface area (Å²) in [6.07, 6.45) is 3.47. The number of allylic oxidation sites excluding steroid dienone is 1. The topological polar surface area (TPSA) is 0 Å². The van der Waals surface area contributed by atoms with Crippen molar-refractivity contribution in [2.75, 3.05) is 0 Å². The lowest BCUT2D eigenvalue weighted by molar-refractivity contribution is 1.17. The average Bonchev–Trinajstić information content (AvgIpc) is 2.84. The fourth-order valence-electron chi connectivity index (χ4n) is 3.66. The highest BCUT2D eigenvalue weighted by atomic mass is 14.2. The second kappa shape index (κ2) is 4.87. The van der Waals surface area contributed by atoms with Gasteiger partial charge in [0.1, 0.15) is 0 Å². The molecule has 1 aliphatic rings. The molecule has 0 nitrogen and oxygen atoms in total. The molecule has 108 valence electrons. The maximum Gasteiger partial charge on any atom is -0.00604 e. The van der Waals surface area contributed by atoms with Crippen molar-refractivity contribution in [3.05, 3.63) is 62.7 Å². The molecule has 0 N–H and O–H groups in total. The lowest BCUT2D eigenvalue weighted by atomic mass is 9.84. The van der Waals surface area contributed by atoms with Gasteiger partial charge in [-0.05, 0) is 98.0 Å². The van der Waals surface area contributed by atoms with Crippen molar-refractivity contribution in [1.29, 1.82) is 0 Å². The van der Waals surface area contributed by atoms with E-state index in [2.05, 4.69) is 65.8 Å². The quantitative estimate of drug-likeness (QED) is 0.612. The third-order valence-electron chi connectivity index (χ3n) is 5.33. The van der Waals surface area contributed by atoms with Crippen LogP contribution < -0.4 is 0 Å². The fourth-order valence-corrected chi connectivity index (χ4v) is 3.66. The number of benzene rings is 2. The van der Waals surface area contributed by atoms with E-state index in [1.165, 1.54) is 55.6 Å². The predicted octanol–water partition coefficient (Wildman–Crippen LogP) is 5.86. The van der Waals surface area contributed by atoms with Gasteiger partial charge in [-0.1, -0.05) is 29.8 Å². The van der Waals surface area contributed by atoms with Gasteiger partial charge in [-0.3, -0.25) is 0 Å². The number of rotatable bonds is 1. The van der Waals surface area contributed by atoms with Crippen molar-refractivity contribution in [1.82, 2.24) is 0 Å². The summed E-state index contributed by atoms with van der Waals surface area (Å²) >= 11 is 0. The van der Waals surface area contributed by atoms with Gasteiger partial charge in [0.15, 0.2) is 0 Å². The van der Waals surface area contributed by atoms with E-state index >= 15 is 0 Å². The van der Waals surface area contributed by atoms with E-state index in [0.717, 1.165) is 6.42 Å². The van der Waals surface area contributed by atoms with Crippen molar-refractivity contribution in [2.45, 2.75) is 48.0 Å². The molecule has 1 aliphatic carbocycles. The zero-order chi connectivity index (χ0) is 15.3. The Hall–Kier alpha value is -1.82. The molecule has 0 atom stereocenters. The molecular formula is C21H24. The second-order valence-electron chi connectivity index (χ2n) is 6.55. The minimum atomic E-state index is 1.10. The van der Waals surface area contributed by atoms with E-state index in [4.69, 9.17) is 0 Å². The molecule has 0 amide bonds. The average molecular weight is 276 g/mol. The van der Waals surface area contributed by atoms with Gasteiger partial charge < -0.3 is 0 Å². The Bertz CT molecular complexity index is 744.